The van der Waals surface area contributed by atoms with Crippen molar-refractivity contribution in [1.82, 2.24) is 4.90 Å². The molecule has 32 heavy (non-hydrogen) atoms. The Morgan fingerprint density at radius 2 is 1.88 bits per heavy atom. The van der Waals surface area contributed by atoms with Crippen molar-refractivity contribution in [3.8, 4) is 0 Å². The van der Waals surface area contributed by atoms with Crippen molar-refractivity contribution in [3.05, 3.63) is 59.7 Å². The molecule has 2 heterocycles. The van der Waals surface area contributed by atoms with Gasteiger partial charge in [0.1, 0.15) is 11.9 Å². The van der Waals surface area contributed by atoms with Gasteiger partial charge in [-0.2, -0.15) is 0 Å². The number of aliphatic imine (C=N–C) groups is 2. The predicted molar refractivity (Wildman–Crippen MR) is 132 cm³/mol. The lowest BCUT2D eigenvalue weighted by Crippen LogP contribution is -2.42. The molecule has 0 aromatic heterocycles. The molecule has 2 atom stereocenters. The van der Waals surface area contributed by atoms with E-state index < -0.39 is 11.3 Å². The van der Waals surface area contributed by atoms with Crippen molar-refractivity contribution >= 4 is 46.0 Å². The van der Waals surface area contributed by atoms with Crippen LogP contribution in [0.15, 0.2) is 58.5 Å². The first kappa shape index (κ1) is 22.3. The molecule has 6 nitrogen and oxygen atoms in total. The van der Waals surface area contributed by atoms with Gasteiger partial charge in [0, 0.05) is 11.3 Å². The summed E-state index contributed by atoms with van der Waals surface area (Å²) in [6, 6.07) is 15.0. The first-order valence-corrected chi connectivity index (χ1v) is 11.9. The molecule has 2 amide bonds. The number of nitrogens with zero attached hydrogens (tertiary/aromatic N) is 3. The van der Waals surface area contributed by atoms with Gasteiger partial charge in [0.2, 0.25) is 5.91 Å². The first-order chi connectivity index (χ1) is 15.4. The first-order valence-electron chi connectivity index (χ1n) is 11.0. The van der Waals surface area contributed by atoms with Crippen LogP contribution in [0.2, 0.25) is 0 Å². The number of amides is 2. The molecule has 0 unspecified atom stereocenters. The summed E-state index contributed by atoms with van der Waals surface area (Å²) in [6.07, 6.45) is 1.29. The Labute approximate surface area is 193 Å². The number of amidine groups is 2. The molecule has 2 aliphatic heterocycles. The van der Waals surface area contributed by atoms with E-state index >= 15 is 0 Å². The molecule has 2 aromatic carbocycles. The Bertz CT molecular complexity index is 1110. The molecule has 7 heteroatoms. The van der Waals surface area contributed by atoms with E-state index in [2.05, 4.69) is 19.2 Å². The quantitative estimate of drug-likeness (QED) is 0.664. The van der Waals surface area contributed by atoms with Gasteiger partial charge in [0.05, 0.1) is 10.9 Å². The molecule has 0 radical (unpaired) electrons. The maximum atomic E-state index is 13.3. The van der Waals surface area contributed by atoms with Crippen molar-refractivity contribution in [2.75, 3.05) is 5.32 Å². The van der Waals surface area contributed by atoms with E-state index in [1.54, 1.807) is 4.90 Å². The van der Waals surface area contributed by atoms with Crippen molar-refractivity contribution in [2.24, 2.45) is 15.9 Å². The molecule has 0 bridgehead atoms. The van der Waals surface area contributed by atoms with Crippen LogP contribution in [0.1, 0.15) is 44.7 Å². The van der Waals surface area contributed by atoms with Crippen LogP contribution in [0.4, 0.5) is 11.4 Å². The van der Waals surface area contributed by atoms with Gasteiger partial charge in [0.15, 0.2) is 5.17 Å². The highest BCUT2D eigenvalue weighted by Crippen LogP contribution is 2.36. The number of hydrogen-bond donors (Lipinski definition) is 1. The van der Waals surface area contributed by atoms with Gasteiger partial charge in [-0.1, -0.05) is 62.9 Å². The molecule has 166 valence electrons. The number of hydrogen-bond acceptors (Lipinski definition) is 5. The van der Waals surface area contributed by atoms with E-state index in [-0.39, 0.29) is 11.8 Å². The van der Waals surface area contributed by atoms with Gasteiger partial charge in [-0.05, 0) is 49.4 Å². The van der Waals surface area contributed by atoms with Gasteiger partial charge in [-0.3, -0.25) is 14.6 Å². The highest BCUT2D eigenvalue weighted by atomic mass is 32.2. The van der Waals surface area contributed by atoms with E-state index in [4.69, 9.17) is 9.98 Å². The lowest BCUT2D eigenvalue weighted by Gasteiger charge is -2.27. The van der Waals surface area contributed by atoms with Crippen molar-refractivity contribution in [1.29, 1.82) is 0 Å². The Morgan fingerprint density at radius 1 is 1.16 bits per heavy atom. The van der Waals surface area contributed by atoms with Crippen molar-refractivity contribution < 1.29 is 9.59 Å². The number of para-hydroxylation sites is 2. The molecule has 0 aliphatic carbocycles. The summed E-state index contributed by atoms with van der Waals surface area (Å²) in [5, 5.41) is 3.15. The molecule has 4 rings (SSSR count). The van der Waals surface area contributed by atoms with Crippen LogP contribution >= 0.6 is 11.8 Å². The molecule has 2 aliphatic rings. The van der Waals surface area contributed by atoms with Crippen molar-refractivity contribution in [2.45, 2.75) is 51.8 Å². The standard InChI is InChI=1S/C25H28N4O2S/c1-5-21(23(30)27-18-12-8-6-10-16(18)4)32-25-28-19-13-9-7-11-17(19)22-26-20(14-15(2)3)24(31)29(22)25/h6-13,15,20-21H,5,14H2,1-4H3,(H,27,30)/t20-,21-/m0/s1. The Hall–Kier alpha value is -2.93. The molecule has 0 saturated heterocycles. The van der Waals surface area contributed by atoms with Crippen molar-refractivity contribution in [3.63, 3.8) is 0 Å². The Balaban J connectivity index is 1.63. The van der Waals surface area contributed by atoms with E-state index in [1.165, 1.54) is 11.8 Å². The molecule has 2 aromatic rings. The third-order valence-corrected chi connectivity index (χ3v) is 6.87. The number of carbonyl (C=O) groups excluding carboxylic acids is 2. The van der Waals surface area contributed by atoms with E-state index in [9.17, 15) is 9.59 Å². The topological polar surface area (TPSA) is 74.1 Å². The Kier molecular flexibility index (Phi) is 6.46. The average Bonchev–Trinajstić information content (AvgIpc) is 3.09. The van der Waals surface area contributed by atoms with Gasteiger partial charge in [-0.25, -0.2) is 9.89 Å². The minimum Gasteiger partial charge on any atom is -0.325 e. The van der Waals surface area contributed by atoms with Crippen LogP contribution in [0.5, 0.6) is 0 Å². The lowest BCUT2D eigenvalue weighted by atomic mass is 10.0. The number of rotatable bonds is 6. The molecular weight excluding hydrogens is 420 g/mol. The highest BCUT2D eigenvalue weighted by molar-refractivity contribution is 8.15. The van der Waals surface area contributed by atoms with Crippen LogP contribution in [-0.4, -0.2) is 39.0 Å². The summed E-state index contributed by atoms with van der Waals surface area (Å²) in [5.41, 5.74) is 3.43. The zero-order valence-electron chi connectivity index (χ0n) is 18.8. The number of fused-ring (bicyclic) bond motifs is 3. The van der Waals surface area contributed by atoms with Gasteiger partial charge >= 0.3 is 0 Å². The predicted octanol–water partition coefficient (Wildman–Crippen LogP) is 5.15. The fourth-order valence-electron chi connectivity index (χ4n) is 3.86. The third kappa shape index (κ3) is 4.35. The minimum atomic E-state index is -0.414. The molecule has 1 N–H and O–H groups in total. The van der Waals surface area contributed by atoms with E-state index in [1.807, 2.05) is 62.4 Å². The zero-order valence-corrected chi connectivity index (χ0v) is 19.6. The fraction of sp³-hybridized carbons (Fsp3) is 0.360. The van der Waals surface area contributed by atoms with Crippen LogP contribution in [0.25, 0.3) is 0 Å². The monoisotopic (exact) mass is 448 g/mol. The summed E-state index contributed by atoms with van der Waals surface area (Å²) in [7, 11) is 0. The summed E-state index contributed by atoms with van der Waals surface area (Å²) >= 11 is 1.33. The zero-order chi connectivity index (χ0) is 22.8. The smallest absolute Gasteiger partial charge is 0.259 e. The normalized spacial score (nSPS) is 18.1. The number of nitrogens with one attached hydrogen (secondary N) is 1. The van der Waals surface area contributed by atoms with Crippen LogP contribution in [0, 0.1) is 12.8 Å². The van der Waals surface area contributed by atoms with E-state index in [0.29, 0.717) is 29.8 Å². The number of benzene rings is 2. The fourth-order valence-corrected chi connectivity index (χ4v) is 4.88. The molecule has 0 spiro atoms. The number of thioether (sulfide) groups is 1. The largest absolute Gasteiger partial charge is 0.325 e. The van der Waals surface area contributed by atoms with Crippen LogP contribution in [-0.2, 0) is 9.59 Å². The third-order valence-electron chi connectivity index (χ3n) is 5.56. The summed E-state index contributed by atoms with van der Waals surface area (Å²) in [4.78, 5) is 37.5. The Morgan fingerprint density at radius 3 is 2.59 bits per heavy atom. The molecular formula is C25H28N4O2S. The molecule has 0 fully saturated rings. The second-order valence-corrected chi connectivity index (χ2v) is 9.67. The van der Waals surface area contributed by atoms with Gasteiger partial charge in [-0.15, -0.1) is 0 Å². The second-order valence-electron chi connectivity index (χ2n) is 8.50. The maximum Gasteiger partial charge on any atom is 0.259 e. The summed E-state index contributed by atoms with van der Waals surface area (Å²) in [5.74, 6) is 0.824. The van der Waals surface area contributed by atoms with Crippen LogP contribution < -0.4 is 5.32 Å². The molecule has 0 saturated carbocycles. The van der Waals surface area contributed by atoms with Gasteiger partial charge in [0.25, 0.3) is 5.91 Å². The average molecular weight is 449 g/mol. The number of anilines is 1. The summed E-state index contributed by atoms with van der Waals surface area (Å²) in [6.45, 7) is 8.11. The van der Waals surface area contributed by atoms with Gasteiger partial charge < -0.3 is 5.32 Å². The highest BCUT2D eigenvalue weighted by Gasteiger charge is 2.42. The summed E-state index contributed by atoms with van der Waals surface area (Å²) < 4.78 is 0. The minimum absolute atomic E-state index is 0.0661. The van der Waals surface area contributed by atoms with E-state index in [0.717, 1.165) is 22.5 Å². The maximum absolute atomic E-state index is 13.3. The SMILES string of the molecule is CC[C@H](SC1=Nc2ccccc2C2=N[C@@H](CC(C)C)C(=O)N12)C(=O)Nc1ccccc1C. The number of aryl methyl sites for hydroxylation is 1. The number of carbonyl (C=O) groups is 2. The lowest BCUT2D eigenvalue weighted by molar-refractivity contribution is -0.125. The second kappa shape index (κ2) is 9.28. The van der Waals surface area contributed by atoms with Crippen LogP contribution in [0.3, 0.4) is 0 Å².